The highest BCUT2D eigenvalue weighted by molar-refractivity contribution is 5.77. The van der Waals surface area contributed by atoms with Crippen molar-refractivity contribution in [3.8, 4) is 0 Å². The molecule has 94 valence electrons. The maximum Gasteiger partial charge on any atom is 0.246 e. The first kappa shape index (κ1) is 13.5. The smallest absolute Gasteiger partial charge is 0.246 e. The number of carbonyl (C=O) groups excluding carboxylic acids is 1. The molecule has 16 heavy (non-hydrogen) atoms. The summed E-state index contributed by atoms with van der Waals surface area (Å²) in [5.74, 6) is 0.704. The van der Waals surface area contributed by atoms with Gasteiger partial charge in [0.1, 0.15) is 6.61 Å². The van der Waals surface area contributed by atoms with E-state index in [1.807, 2.05) is 6.92 Å². The Kier molecular flexibility index (Phi) is 6.46. The van der Waals surface area contributed by atoms with Gasteiger partial charge in [-0.3, -0.25) is 4.79 Å². The fraction of sp³-hybridized carbons (Fsp3) is 0.923. The molecule has 0 aliphatic heterocycles. The summed E-state index contributed by atoms with van der Waals surface area (Å²) in [5.41, 5.74) is 0. The second kappa shape index (κ2) is 7.66. The fourth-order valence-electron chi connectivity index (χ4n) is 2.36. The van der Waals surface area contributed by atoms with Crippen molar-refractivity contribution in [3.63, 3.8) is 0 Å². The topological polar surface area (TPSA) is 38.3 Å². The van der Waals surface area contributed by atoms with Crippen LogP contribution in [0.1, 0.15) is 52.4 Å². The van der Waals surface area contributed by atoms with Crippen molar-refractivity contribution in [2.24, 2.45) is 5.92 Å². The second-order valence-corrected chi connectivity index (χ2v) is 4.81. The van der Waals surface area contributed by atoms with E-state index >= 15 is 0 Å². The highest BCUT2D eigenvalue weighted by Crippen LogP contribution is 2.26. The number of ether oxygens (including phenoxy) is 1. The summed E-state index contributed by atoms with van der Waals surface area (Å²) in [6.07, 6.45) is 7.48. The minimum absolute atomic E-state index is 0.0338. The summed E-state index contributed by atoms with van der Waals surface area (Å²) in [7, 11) is 0. The first-order valence-electron chi connectivity index (χ1n) is 6.61. The Bertz CT molecular complexity index is 200. The van der Waals surface area contributed by atoms with Gasteiger partial charge < -0.3 is 10.1 Å². The summed E-state index contributed by atoms with van der Waals surface area (Å²) in [6.45, 7) is 5.05. The lowest BCUT2D eigenvalue weighted by Gasteiger charge is -2.28. The predicted molar refractivity (Wildman–Crippen MR) is 65.3 cm³/mol. The third kappa shape index (κ3) is 4.97. The molecule has 0 aromatic heterocycles. The van der Waals surface area contributed by atoms with Crippen LogP contribution in [0.15, 0.2) is 0 Å². The average molecular weight is 227 g/mol. The summed E-state index contributed by atoms with van der Waals surface area (Å²) in [5, 5.41) is 3.04. The lowest BCUT2D eigenvalue weighted by Crippen LogP contribution is -2.40. The van der Waals surface area contributed by atoms with Gasteiger partial charge in [0.15, 0.2) is 0 Å². The van der Waals surface area contributed by atoms with Crippen LogP contribution in [-0.2, 0) is 9.53 Å². The zero-order valence-electron chi connectivity index (χ0n) is 10.6. The Labute approximate surface area is 98.9 Å². The zero-order valence-corrected chi connectivity index (χ0v) is 10.6. The van der Waals surface area contributed by atoms with E-state index in [2.05, 4.69) is 12.2 Å². The SMILES string of the molecule is CCCOCC(=O)N[C@@H](C)C1CCCCC1. The van der Waals surface area contributed by atoms with E-state index < -0.39 is 0 Å². The minimum atomic E-state index is 0.0338. The maximum atomic E-state index is 11.5. The van der Waals surface area contributed by atoms with Gasteiger partial charge in [-0.1, -0.05) is 26.2 Å². The van der Waals surface area contributed by atoms with Crippen LogP contribution >= 0.6 is 0 Å². The predicted octanol–water partition coefficient (Wildman–Crippen LogP) is 2.50. The molecule has 0 heterocycles. The van der Waals surface area contributed by atoms with Gasteiger partial charge in [0, 0.05) is 12.6 Å². The van der Waals surface area contributed by atoms with Crippen LogP contribution in [0.25, 0.3) is 0 Å². The molecule has 0 bridgehead atoms. The normalized spacial score (nSPS) is 19.4. The summed E-state index contributed by atoms with van der Waals surface area (Å²) in [6, 6.07) is 0.304. The van der Waals surface area contributed by atoms with Crippen LogP contribution in [0.5, 0.6) is 0 Å². The van der Waals surface area contributed by atoms with E-state index in [9.17, 15) is 4.79 Å². The quantitative estimate of drug-likeness (QED) is 0.708. The van der Waals surface area contributed by atoms with Crippen LogP contribution in [0.4, 0.5) is 0 Å². The van der Waals surface area contributed by atoms with E-state index in [0.717, 1.165) is 6.42 Å². The van der Waals surface area contributed by atoms with E-state index in [-0.39, 0.29) is 12.5 Å². The van der Waals surface area contributed by atoms with Crippen molar-refractivity contribution >= 4 is 5.91 Å². The molecular weight excluding hydrogens is 202 g/mol. The van der Waals surface area contributed by atoms with Crippen molar-refractivity contribution in [3.05, 3.63) is 0 Å². The Balaban J connectivity index is 2.16. The van der Waals surface area contributed by atoms with E-state index in [1.54, 1.807) is 0 Å². The lowest BCUT2D eigenvalue weighted by atomic mass is 9.84. The standard InChI is InChI=1S/C13H25NO2/c1-3-9-16-10-13(15)14-11(2)12-7-5-4-6-8-12/h11-12H,3-10H2,1-2H3,(H,14,15)/t11-/m0/s1. The Morgan fingerprint density at radius 1 is 1.38 bits per heavy atom. The molecule has 1 saturated carbocycles. The van der Waals surface area contributed by atoms with Crippen molar-refractivity contribution in [1.29, 1.82) is 0 Å². The summed E-state index contributed by atoms with van der Waals surface area (Å²) in [4.78, 5) is 11.5. The van der Waals surface area contributed by atoms with Crippen LogP contribution in [0, 0.1) is 5.92 Å². The van der Waals surface area contributed by atoms with Gasteiger partial charge in [-0.15, -0.1) is 0 Å². The lowest BCUT2D eigenvalue weighted by molar-refractivity contribution is -0.126. The van der Waals surface area contributed by atoms with Gasteiger partial charge in [0.25, 0.3) is 0 Å². The fourth-order valence-corrected chi connectivity index (χ4v) is 2.36. The molecule has 0 unspecified atom stereocenters. The molecule has 0 radical (unpaired) electrons. The monoisotopic (exact) mass is 227 g/mol. The molecule has 0 aromatic rings. The van der Waals surface area contributed by atoms with Crippen molar-refractivity contribution in [2.75, 3.05) is 13.2 Å². The molecule has 1 fully saturated rings. The highest BCUT2D eigenvalue weighted by Gasteiger charge is 2.21. The minimum Gasteiger partial charge on any atom is -0.372 e. The first-order chi connectivity index (χ1) is 7.74. The van der Waals surface area contributed by atoms with Gasteiger partial charge in [-0.05, 0) is 32.1 Å². The Morgan fingerprint density at radius 2 is 2.06 bits per heavy atom. The molecule has 1 aliphatic rings. The van der Waals surface area contributed by atoms with Gasteiger partial charge >= 0.3 is 0 Å². The number of carbonyl (C=O) groups is 1. The number of amides is 1. The van der Waals surface area contributed by atoms with Crippen LogP contribution in [0.3, 0.4) is 0 Å². The molecule has 1 rings (SSSR count). The maximum absolute atomic E-state index is 11.5. The molecule has 1 aliphatic carbocycles. The van der Waals surface area contributed by atoms with Crippen LogP contribution < -0.4 is 5.32 Å². The molecule has 1 amide bonds. The number of rotatable bonds is 6. The number of nitrogens with one attached hydrogen (secondary N) is 1. The first-order valence-corrected chi connectivity index (χ1v) is 6.61. The van der Waals surface area contributed by atoms with Crippen LogP contribution in [0.2, 0.25) is 0 Å². The third-order valence-corrected chi connectivity index (χ3v) is 3.33. The molecule has 0 aromatic carbocycles. The second-order valence-electron chi connectivity index (χ2n) is 4.81. The van der Waals surface area contributed by atoms with E-state index in [1.165, 1.54) is 32.1 Å². The van der Waals surface area contributed by atoms with Crippen LogP contribution in [-0.4, -0.2) is 25.2 Å². The summed E-state index contributed by atoms with van der Waals surface area (Å²) < 4.78 is 5.22. The largest absolute Gasteiger partial charge is 0.372 e. The van der Waals surface area contributed by atoms with Gasteiger partial charge in [0.05, 0.1) is 0 Å². The average Bonchev–Trinajstić information content (AvgIpc) is 2.30. The van der Waals surface area contributed by atoms with Gasteiger partial charge in [0.2, 0.25) is 5.91 Å². The molecule has 3 nitrogen and oxygen atoms in total. The molecule has 1 atom stereocenters. The van der Waals surface area contributed by atoms with Crippen molar-refractivity contribution < 1.29 is 9.53 Å². The number of hydrogen-bond donors (Lipinski definition) is 1. The zero-order chi connectivity index (χ0) is 11.8. The van der Waals surface area contributed by atoms with Crippen molar-refractivity contribution in [2.45, 2.75) is 58.4 Å². The molecule has 3 heteroatoms. The Morgan fingerprint density at radius 3 is 2.69 bits per heavy atom. The highest BCUT2D eigenvalue weighted by atomic mass is 16.5. The van der Waals surface area contributed by atoms with Crippen molar-refractivity contribution in [1.82, 2.24) is 5.32 Å². The molecule has 0 saturated heterocycles. The molecule has 1 N–H and O–H groups in total. The summed E-state index contributed by atoms with van der Waals surface area (Å²) >= 11 is 0. The Hall–Kier alpha value is -0.570. The van der Waals surface area contributed by atoms with E-state index in [0.29, 0.717) is 18.6 Å². The molecular formula is C13H25NO2. The number of hydrogen-bond acceptors (Lipinski definition) is 2. The van der Waals surface area contributed by atoms with Gasteiger partial charge in [-0.2, -0.15) is 0 Å². The third-order valence-electron chi connectivity index (χ3n) is 3.33. The van der Waals surface area contributed by atoms with Gasteiger partial charge in [-0.25, -0.2) is 0 Å². The van der Waals surface area contributed by atoms with E-state index in [4.69, 9.17) is 4.74 Å². The molecule has 0 spiro atoms.